The summed E-state index contributed by atoms with van der Waals surface area (Å²) in [5.41, 5.74) is 0. The van der Waals surface area contributed by atoms with Gasteiger partial charge in [-0.3, -0.25) is 0 Å². The molecule has 1 aliphatic heterocycles. The zero-order valence-corrected chi connectivity index (χ0v) is 12.9. The number of nitrogens with zero attached hydrogens (tertiary/aromatic N) is 4. The van der Waals surface area contributed by atoms with E-state index >= 15 is 0 Å². The Morgan fingerprint density at radius 1 is 1.40 bits per heavy atom. The number of nitrogens with one attached hydrogen (secondary N) is 1. The van der Waals surface area contributed by atoms with E-state index in [2.05, 4.69) is 27.2 Å². The van der Waals surface area contributed by atoms with Crippen LogP contribution in [0, 0.1) is 5.92 Å². The van der Waals surface area contributed by atoms with Crippen LogP contribution in [-0.2, 0) is 4.74 Å². The highest BCUT2D eigenvalue weighted by molar-refractivity contribution is 6.28. The van der Waals surface area contributed by atoms with Crippen LogP contribution in [0.3, 0.4) is 0 Å². The van der Waals surface area contributed by atoms with E-state index < -0.39 is 0 Å². The van der Waals surface area contributed by atoms with Gasteiger partial charge in [-0.05, 0) is 36.8 Å². The number of halogens is 1. The van der Waals surface area contributed by atoms with Gasteiger partial charge in [-0.2, -0.15) is 15.0 Å². The summed E-state index contributed by atoms with van der Waals surface area (Å²) in [5, 5.41) is 3.36. The van der Waals surface area contributed by atoms with Crippen LogP contribution in [-0.4, -0.2) is 48.3 Å². The van der Waals surface area contributed by atoms with E-state index in [0.29, 0.717) is 17.8 Å². The molecule has 1 aliphatic rings. The van der Waals surface area contributed by atoms with Crippen molar-refractivity contribution in [1.29, 1.82) is 0 Å². The second kappa shape index (κ2) is 7.59. The maximum Gasteiger partial charge on any atom is 0.231 e. The Morgan fingerprint density at radius 2 is 2.25 bits per heavy atom. The first-order chi connectivity index (χ1) is 9.69. The lowest BCUT2D eigenvalue weighted by Gasteiger charge is -2.27. The zero-order valence-electron chi connectivity index (χ0n) is 12.1. The molecule has 1 saturated heterocycles. The van der Waals surface area contributed by atoms with Crippen molar-refractivity contribution in [3.05, 3.63) is 5.28 Å². The molecule has 1 N–H and O–H groups in total. The van der Waals surface area contributed by atoms with E-state index in [1.54, 1.807) is 0 Å². The number of ether oxygens (including phenoxy) is 1. The van der Waals surface area contributed by atoms with Crippen molar-refractivity contribution in [2.75, 3.05) is 43.6 Å². The van der Waals surface area contributed by atoms with E-state index in [1.807, 2.05) is 11.9 Å². The van der Waals surface area contributed by atoms with Gasteiger partial charge >= 0.3 is 0 Å². The highest BCUT2D eigenvalue weighted by Crippen LogP contribution is 2.18. The van der Waals surface area contributed by atoms with Gasteiger partial charge in [0.1, 0.15) is 0 Å². The van der Waals surface area contributed by atoms with Crippen LogP contribution in [0.5, 0.6) is 0 Å². The van der Waals surface area contributed by atoms with Gasteiger partial charge in [-0.25, -0.2) is 0 Å². The standard InChI is InChI=1S/C13H22ClN5O/c1-3-6-15-12-16-11(14)17-13(18-12)19(2)8-10-5-4-7-20-9-10/h10H,3-9H2,1-2H3,(H,15,16,17,18). The third-order valence-electron chi connectivity index (χ3n) is 3.26. The Morgan fingerprint density at radius 3 is 2.95 bits per heavy atom. The van der Waals surface area contributed by atoms with Crippen molar-refractivity contribution in [1.82, 2.24) is 15.0 Å². The first-order valence-electron chi connectivity index (χ1n) is 7.13. The molecule has 1 aromatic rings. The molecule has 0 saturated carbocycles. The molecule has 7 heteroatoms. The lowest BCUT2D eigenvalue weighted by atomic mass is 10.0. The molecule has 112 valence electrons. The Hall–Kier alpha value is -1.14. The molecular formula is C13H22ClN5O. The topological polar surface area (TPSA) is 63.2 Å². The molecule has 20 heavy (non-hydrogen) atoms. The maximum absolute atomic E-state index is 5.96. The van der Waals surface area contributed by atoms with Crippen LogP contribution >= 0.6 is 11.6 Å². The Labute approximate surface area is 124 Å². The molecule has 1 atom stereocenters. The number of hydrogen-bond acceptors (Lipinski definition) is 6. The molecule has 6 nitrogen and oxygen atoms in total. The molecule has 1 aromatic heterocycles. The van der Waals surface area contributed by atoms with Gasteiger partial charge in [0.25, 0.3) is 0 Å². The summed E-state index contributed by atoms with van der Waals surface area (Å²) in [6, 6.07) is 0. The van der Waals surface area contributed by atoms with E-state index in [0.717, 1.165) is 39.1 Å². The molecule has 0 aliphatic carbocycles. The maximum atomic E-state index is 5.96. The smallest absolute Gasteiger partial charge is 0.231 e. The quantitative estimate of drug-likeness (QED) is 0.869. The molecule has 2 rings (SSSR count). The Bertz CT molecular complexity index is 425. The summed E-state index contributed by atoms with van der Waals surface area (Å²) in [6.07, 6.45) is 3.32. The first-order valence-corrected chi connectivity index (χ1v) is 7.51. The molecule has 1 fully saturated rings. The van der Waals surface area contributed by atoms with Crippen LogP contribution < -0.4 is 10.2 Å². The van der Waals surface area contributed by atoms with E-state index in [-0.39, 0.29) is 5.28 Å². The van der Waals surface area contributed by atoms with Crippen LogP contribution in [0.1, 0.15) is 26.2 Å². The highest BCUT2D eigenvalue weighted by Gasteiger charge is 2.18. The largest absolute Gasteiger partial charge is 0.381 e. The van der Waals surface area contributed by atoms with Crippen molar-refractivity contribution < 1.29 is 4.74 Å². The van der Waals surface area contributed by atoms with Crippen molar-refractivity contribution in [3.63, 3.8) is 0 Å². The van der Waals surface area contributed by atoms with Crippen LogP contribution in [0.4, 0.5) is 11.9 Å². The van der Waals surface area contributed by atoms with Crippen molar-refractivity contribution >= 4 is 23.5 Å². The first kappa shape index (κ1) is 15.3. The summed E-state index contributed by atoms with van der Waals surface area (Å²) in [4.78, 5) is 14.7. The summed E-state index contributed by atoms with van der Waals surface area (Å²) in [6.45, 7) is 5.46. The van der Waals surface area contributed by atoms with Gasteiger partial charge in [0.05, 0.1) is 6.61 Å². The number of aromatic nitrogens is 3. The van der Waals surface area contributed by atoms with E-state index in [4.69, 9.17) is 16.3 Å². The van der Waals surface area contributed by atoms with Gasteiger partial charge in [0, 0.05) is 26.7 Å². The van der Waals surface area contributed by atoms with Gasteiger partial charge < -0.3 is 15.0 Å². The zero-order chi connectivity index (χ0) is 14.4. The Kier molecular flexibility index (Phi) is 5.79. The number of hydrogen-bond donors (Lipinski definition) is 1. The third-order valence-corrected chi connectivity index (χ3v) is 3.43. The van der Waals surface area contributed by atoms with Crippen molar-refractivity contribution in [3.8, 4) is 0 Å². The summed E-state index contributed by atoms with van der Waals surface area (Å²) < 4.78 is 5.50. The molecule has 0 bridgehead atoms. The molecule has 2 heterocycles. The molecule has 0 spiro atoms. The van der Waals surface area contributed by atoms with Crippen LogP contribution in [0.2, 0.25) is 5.28 Å². The second-order valence-corrected chi connectivity index (χ2v) is 5.46. The number of rotatable bonds is 6. The highest BCUT2D eigenvalue weighted by atomic mass is 35.5. The molecule has 0 radical (unpaired) electrons. The Balaban J connectivity index is 2.00. The van der Waals surface area contributed by atoms with Gasteiger partial charge in [0.2, 0.25) is 17.2 Å². The van der Waals surface area contributed by atoms with E-state index in [9.17, 15) is 0 Å². The van der Waals surface area contributed by atoms with Gasteiger partial charge in [-0.15, -0.1) is 0 Å². The molecule has 0 aromatic carbocycles. The molecule has 1 unspecified atom stereocenters. The lowest BCUT2D eigenvalue weighted by molar-refractivity contribution is 0.0575. The predicted octanol–water partition coefficient (Wildman–Crippen LogP) is 2.21. The lowest BCUT2D eigenvalue weighted by Crippen LogP contribution is -2.32. The summed E-state index contributed by atoms with van der Waals surface area (Å²) >= 11 is 5.96. The second-order valence-electron chi connectivity index (χ2n) is 5.12. The average molecular weight is 300 g/mol. The normalized spacial score (nSPS) is 18.9. The summed E-state index contributed by atoms with van der Waals surface area (Å²) in [5.74, 6) is 1.67. The fourth-order valence-corrected chi connectivity index (χ4v) is 2.40. The van der Waals surface area contributed by atoms with Gasteiger partial charge in [0.15, 0.2) is 0 Å². The van der Waals surface area contributed by atoms with Gasteiger partial charge in [-0.1, -0.05) is 6.92 Å². The monoisotopic (exact) mass is 299 g/mol. The van der Waals surface area contributed by atoms with Crippen LogP contribution in [0.15, 0.2) is 0 Å². The third kappa shape index (κ3) is 4.45. The fourth-order valence-electron chi connectivity index (χ4n) is 2.25. The minimum Gasteiger partial charge on any atom is -0.381 e. The number of anilines is 2. The molecular weight excluding hydrogens is 278 g/mol. The van der Waals surface area contributed by atoms with Crippen molar-refractivity contribution in [2.24, 2.45) is 5.92 Å². The summed E-state index contributed by atoms with van der Waals surface area (Å²) in [7, 11) is 1.98. The van der Waals surface area contributed by atoms with Crippen molar-refractivity contribution in [2.45, 2.75) is 26.2 Å². The minimum atomic E-state index is 0.223. The predicted molar refractivity (Wildman–Crippen MR) is 80.4 cm³/mol. The average Bonchev–Trinajstić information content (AvgIpc) is 2.45. The van der Waals surface area contributed by atoms with E-state index in [1.165, 1.54) is 6.42 Å². The molecule has 0 amide bonds. The fraction of sp³-hybridized carbons (Fsp3) is 0.769. The minimum absolute atomic E-state index is 0.223. The van der Waals surface area contributed by atoms with Crippen LogP contribution in [0.25, 0.3) is 0 Å². The SMILES string of the molecule is CCCNc1nc(Cl)nc(N(C)CC2CCCOC2)n1.